The van der Waals surface area contributed by atoms with E-state index >= 15 is 0 Å². The fourth-order valence-electron chi connectivity index (χ4n) is 3.62. The van der Waals surface area contributed by atoms with E-state index in [4.69, 9.17) is 9.72 Å². The molecule has 0 radical (unpaired) electrons. The SMILES string of the molecule is Cc1nccn1-c1cccc(C2CCCN(C(=O)COc3ccccc3)C2)n1. The van der Waals surface area contributed by atoms with Gasteiger partial charge in [0.05, 0.1) is 0 Å². The standard InChI is InChI=1S/C22H24N4O2/c1-17-23-12-14-26(17)21-11-5-10-20(24-21)18-7-6-13-25(15-18)22(27)16-28-19-8-3-2-4-9-19/h2-5,8-12,14,18H,6-7,13,15-16H2,1H3. The van der Waals surface area contributed by atoms with Gasteiger partial charge < -0.3 is 9.64 Å². The lowest BCUT2D eigenvalue weighted by atomic mass is 9.94. The zero-order chi connectivity index (χ0) is 19.3. The average Bonchev–Trinajstić information content (AvgIpc) is 3.19. The Labute approximate surface area is 164 Å². The predicted molar refractivity (Wildman–Crippen MR) is 107 cm³/mol. The van der Waals surface area contributed by atoms with E-state index in [1.165, 1.54) is 0 Å². The normalized spacial score (nSPS) is 16.8. The van der Waals surface area contributed by atoms with Gasteiger partial charge in [0, 0.05) is 37.1 Å². The molecule has 2 aromatic heterocycles. The van der Waals surface area contributed by atoms with E-state index in [-0.39, 0.29) is 18.4 Å². The predicted octanol–water partition coefficient (Wildman–Crippen LogP) is 3.36. The van der Waals surface area contributed by atoms with Gasteiger partial charge in [0.25, 0.3) is 5.91 Å². The number of imidazole rings is 1. The number of para-hydroxylation sites is 1. The lowest BCUT2D eigenvalue weighted by Gasteiger charge is -2.32. The summed E-state index contributed by atoms with van der Waals surface area (Å²) in [5.41, 5.74) is 1.02. The highest BCUT2D eigenvalue weighted by atomic mass is 16.5. The molecule has 3 heterocycles. The lowest BCUT2D eigenvalue weighted by Crippen LogP contribution is -2.41. The molecule has 1 aliphatic rings. The fourth-order valence-corrected chi connectivity index (χ4v) is 3.62. The number of pyridine rings is 1. The van der Waals surface area contributed by atoms with E-state index in [9.17, 15) is 4.79 Å². The summed E-state index contributed by atoms with van der Waals surface area (Å²) < 4.78 is 7.60. The number of amides is 1. The third-order valence-electron chi connectivity index (χ3n) is 5.13. The van der Waals surface area contributed by atoms with Gasteiger partial charge in [-0.15, -0.1) is 0 Å². The van der Waals surface area contributed by atoms with Gasteiger partial charge in [-0.05, 0) is 44.0 Å². The third kappa shape index (κ3) is 4.06. The first kappa shape index (κ1) is 18.2. The molecule has 28 heavy (non-hydrogen) atoms. The second-order valence-corrected chi connectivity index (χ2v) is 7.05. The van der Waals surface area contributed by atoms with E-state index in [1.54, 1.807) is 6.20 Å². The van der Waals surface area contributed by atoms with Gasteiger partial charge in [0.1, 0.15) is 17.4 Å². The van der Waals surface area contributed by atoms with Gasteiger partial charge in [0.2, 0.25) is 0 Å². The minimum absolute atomic E-state index is 0.0233. The first-order valence-corrected chi connectivity index (χ1v) is 9.63. The molecule has 0 spiro atoms. The molecule has 144 valence electrons. The van der Waals surface area contributed by atoms with Crippen LogP contribution in [0.1, 0.15) is 30.3 Å². The summed E-state index contributed by atoms with van der Waals surface area (Å²) in [5, 5.41) is 0. The van der Waals surface area contributed by atoms with Crippen molar-refractivity contribution in [3.63, 3.8) is 0 Å². The van der Waals surface area contributed by atoms with Gasteiger partial charge in [-0.25, -0.2) is 9.97 Å². The monoisotopic (exact) mass is 376 g/mol. The van der Waals surface area contributed by atoms with Gasteiger partial charge in [-0.2, -0.15) is 0 Å². The Morgan fingerprint density at radius 1 is 1.18 bits per heavy atom. The largest absolute Gasteiger partial charge is 0.484 e. The highest BCUT2D eigenvalue weighted by Gasteiger charge is 2.26. The minimum Gasteiger partial charge on any atom is -0.484 e. The topological polar surface area (TPSA) is 60.2 Å². The number of carbonyl (C=O) groups is 1. The Morgan fingerprint density at radius 2 is 2.04 bits per heavy atom. The van der Waals surface area contributed by atoms with Crippen LogP contribution in [0.2, 0.25) is 0 Å². The van der Waals surface area contributed by atoms with Crippen molar-refractivity contribution in [1.29, 1.82) is 0 Å². The zero-order valence-electron chi connectivity index (χ0n) is 16.0. The molecule has 0 bridgehead atoms. The second kappa shape index (κ2) is 8.25. The van der Waals surface area contributed by atoms with Crippen molar-refractivity contribution in [3.05, 3.63) is 72.4 Å². The summed E-state index contributed by atoms with van der Waals surface area (Å²) in [6.07, 6.45) is 5.69. The number of hydrogen-bond acceptors (Lipinski definition) is 4. The van der Waals surface area contributed by atoms with Crippen LogP contribution < -0.4 is 4.74 Å². The molecule has 1 fully saturated rings. The first-order chi connectivity index (χ1) is 13.7. The van der Waals surface area contributed by atoms with Crippen molar-refractivity contribution < 1.29 is 9.53 Å². The van der Waals surface area contributed by atoms with E-state index in [1.807, 2.05) is 65.1 Å². The maximum atomic E-state index is 12.6. The smallest absolute Gasteiger partial charge is 0.260 e. The molecule has 1 aliphatic heterocycles. The number of likely N-dealkylation sites (tertiary alicyclic amines) is 1. The summed E-state index contributed by atoms with van der Waals surface area (Å²) in [4.78, 5) is 23.6. The van der Waals surface area contributed by atoms with Crippen LogP contribution in [0, 0.1) is 6.92 Å². The van der Waals surface area contributed by atoms with Crippen molar-refractivity contribution in [2.45, 2.75) is 25.7 Å². The van der Waals surface area contributed by atoms with Crippen molar-refractivity contribution >= 4 is 5.91 Å². The molecule has 6 heteroatoms. The minimum atomic E-state index is 0.0233. The molecule has 1 amide bonds. The molecule has 4 rings (SSSR count). The molecule has 0 N–H and O–H groups in total. The molecule has 1 unspecified atom stereocenters. The number of benzene rings is 1. The van der Waals surface area contributed by atoms with E-state index in [2.05, 4.69) is 11.1 Å². The highest BCUT2D eigenvalue weighted by Crippen LogP contribution is 2.26. The van der Waals surface area contributed by atoms with E-state index < -0.39 is 0 Å². The molecule has 0 saturated carbocycles. The van der Waals surface area contributed by atoms with E-state index in [0.717, 1.165) is 42.5 Å². The zero-order valence-corrected chi connectivity index (χ0v) is 16.0. The van der Waals surface area contributed by atoms with Crippen LogP contribution in [0.4, 0.5) is 0 Å². The van der Waals surface area contributed by atoms with Gasteiger partial charge >= 0.3 is 0 Å². The molecule has 0 aliphatic carbocycles. The number of carbonyl (C=O) groups excluding carboxylic acids is 1. The Bertz CT molecular complexity index is 938. The number of hydrogen-bond donors (Lipinski definition) is 0. The lowest BCUT2D eigenvalue weighted by molar-refractivity contribution is -0.134. The molecule has 3 aromatic rings. The van der Waals surface area contributed by atoms with Crippen molar-refractivity contribution in [2.24, 2.45) is 0 Å². The summed E-state index contributed by atoms with van der Waals surface area (Å²) in [7, 11) is 0. The van der Waals surface area contributed by atoms with Crippen LogP contribution in [0.3, 0.4) is 0 Å². The Balaban J connectivity index is 1.42. The Hall–Kier alpha value is -3.15. The van der Waals surface area contributed by atoms with Crippen molar-refractivity contribution in [3.8, 4) is 11.6 Å². The second-order valence-electron chi connectivity index (χ2n) is 7.05. The number of ether oxygens (including phenoxy) is 1. The summed E-state index contributed by atoms with van der Waals surface area (Å²) in [6.45, 7) is 3.48. The Morgan fingerprint density at radius 3 is 2.82 bits per heavy atom. The molecular formula is C22H24N4O2. The van der Waals surface area contributed by atoms with Crippen LogP contribution in [-0.2, 0) is 4.79 Å². The highest BCUT2D eigenvalue weighted by molar-refractivity contribution is 5.78. The summed E-state index contributed by atoms with van der Waals surface area (Å²) in [5.74, 6) is 2.74. The summed E-state index contributed by atoms with van der Waals surface area (Å²) >= 11 is 0. The van der Waals surface area contributed by atoms with Gasteiger partial charge in [0.15, 0.2) is 6.61 Å². The van der Waals surface area contributed by atoms with Crippen molar-refractivity contribution in [2.75, 3.05) is 19.7 Å². The number of aromatic nitrogens is 3. The van der Waals surface area contributed by atoms with Crippen LogP contribution in [0.15, 0.2) is 60.9 Å². The first-order valence-electron chi connectivity index (χ1n) is 9.63. The third-order valence-corrected chi connectivity index (χ3v) is 5.13. The average molecular weight is 376 g/mol. The van der Waals surface area contributed by atoms with Gasteiger partial charge in [-0.3, -0.25) is 9.36 Å². The van der Waals surface area contributed by atoms with Crippen LogP contribution >= 0.6 is 0 Å². The molecular weight excluding hydrogens is 352 g/mol. The van der Waals surface area contributed by atoms with E-state index in [0.29, 0.717) is 6.54 Å². The number of piperidine rings is 1. The molecule has 1 aromatic carbocycles. The van der Waals surface area contributed by atoms with Crippen LogP contribution in [0.25, 0.3) is 5.82 Å². The molecule has 6 nitrogen and oxygen atoms in total. The Kier molecular flexibility index (Phi) is 5.37. The maximum Gasteiger partial charge on any atom is 0.260 e. The fraction of sp³-hybridized carbons (Fsp3) is 0.318. The molecule has 1 atom stereocenters. The number of rotatable bonds is 5. The van der Waals surface area contributed by atoms with Crippen LogP contribution in [-0.4, -0.2) is 45.0 Å². The van der Waals surface area contributed by atoms with Gasteiger partial charge in [-0.1, -0.05) is 24.3 Å². The molecule has 1 saturated heterocycles. The summed E-state index contributed by atoms with van der Waals surface area (Å²) in [6, 6.07) is 15.5. The quantitative estimate of drug-likeness (QED) is 0.685. The van der Waals surface area contributed by atoms with Crippen LogP contribution in [0.5, 0.6) is 5.75 Å². The van der Waals surface area contributed by atoms with Crippen molar-refractivity contribution in [1.82, 2.24) is 19.4 Å². The maximum absolute atomic E-state index is 12.6. The number of nitrogens with zero attached hydrogens (tertiary/aromatic N) is 4. The number of aryl methyl sites for hydroxylation is 1.